The van der Waals surface area contributed by atoms with Gasteiger partial charge in [-0.15, -0.1) is 0 Å². The van der Waals surface area contributed by atoms with Gasteiger partial charge in [-0.3, -0.25) is 9.59 Å². The van der Waals surface area contributed by atoms with Crippen LogP contribution < -0.4 is 4.90 Å². The van der Waals surface area contributed by atoms with Crippen LogP contribution >= 0.6 is 0 Å². The number of carbonyl (C=O) groups is 2. The van der Waals surface area contributed by atoms with Gasteiger partial charge in [0, 0.05) is 5.92 Å². The second kappa shape index (κ2) is 6.21. The fourth-order valence-corrected chi connectivity index (χ4v) is 3.98. The van der Waals surface area contributed by atoms with Crippen molar-refractivity contribution in [3.05, 3.63) is 29.3 Å². The van der Waals surface area contributed by atoms with Crippen LogP contribution in [0.25, 0.3) is 0 Å². The summed E-state index contributed by atoms with van der Waals surface area (Å²) in [4.78, 5) is 27.9. The summed E-state index contributed by atoms with van der Waals surface area (Å²) in [5.41, 5.74) is 2.48. The first-order valence-electron chi connectivity index (χ1n) is 9.59. The van der Waals surface area contributed by atoms with Crippen molar-refractivity contribution in [1.29, 1.82) is 0 Å². The maximum absolute atomic E-state index is 13.3. The molecule has 1 aliphatic heterocycles. The predicted octanol–water partition coefficient (Wildman–Crippen LogP) is 5.45. The molecule has 2 amide bonds. The van der Waals surface area contributed by atoms with Gasteiger partial charge >= 0.3 is 0 Å². The minimum Gasteiger partial charge on any atom is -0.274 e. The van der Waals surface area contributed by atoms with Gasteiger partial charge in [-0.05, 0) is 33.4 Å². The Kier molecular flexibility index (Phi) is 4.94. The standard InChI is InChI=1S/C23H35NO2/c1-14-18(23(8,9)10)20(26)24(19(14)25)17-13-15(21(2,3)4)11-12-16(17)22(5,6)7/h11-14,18H,1-10H3/t14-,18+/m0/s1. The van der Waals surface area contributed by atoms with Crippen molar-refractivity contribution in [3.8, 4) is 0 Å². The zero-order valence-corrected chi connectivity index (χ0v) is 18.2. The highest BCUT2D eigenvalue weighted by Crippen LogP contribution is 2.44. The zero-order chi connectivity index (χ0) is 20.2. The molecule has 144 valence electrons. The lowest BCUT2D eigenvalue weighted by molar-refractivity contribution is -0.124. The summed E-state index contributed by atoms with van der Waals surface area (Å²) in [6.07, 6.45) is 0. The van der Waals surface area contributed by atoms with E-state index in [2.05, 4.69) is 53.7 Å². The number of hydrogen-bond acceptors (Lipinski definition) is 2. The summed E-state index contributed by atoms with van der Waals surface area (Å²) in [5.74, 6) is -0.729. The summed E-state index contributed by atoms with van der Waals surface area (Å²) >= 11 is 0. The molecule has 1 fully saturated rings. The Balaban J connectivity index is 2.69. The van der Waals surface area contributed by atoms with Crippen molar-refractivity contribution >= 4 is 17.5 Å². The first-order chi connectivity index (χ1) is 11.6. The molecule has 1 aromatic carbocycles. The molecule has 1 heterocycles. The van der Waals surface area contributed by atoms with Crippen molar-refractivity contribution in [2.24, 2.45) is 17.3 Å². The molecule has 2 atom stereocenters. The number of rotatable bonds is 1. The van der Waals surface area contributed by atoms with Gasteiger partial charge in [-0.1, -0.05) is 81.4 Å². The third-order valence-electron chi connectivity index (χ3n) is 5.44. The van der Waals surface area contributed by atoms with Gasteiger partial charge in [-0.2, -0.15) is 0 Å². The van der Waals surface area contributed by atoms with Gasteiger partial charge < -0.3 is 0 Å². The average molecular weight is 358 g/mol. The first-order valence-corrected chi connectivity index (χ1v) is 9.59. The minimum absolute atomic E-state index is 0.0496. The summed E-state index contributed by atoms with van der Waals surface area (Å²) in [6.45, 7) is 20.8. The molecule has 1 aromatic rings. The normalized spacial score (nSPS) is 22.3. The molecule has 0 bridgehead atoms. The van der Waals surface area contributed by atoms with E-state index in [1.54, 1.807) is 0 Å². The van der Waals surface area contributed by atoms with Gasteiger partial charge in [0.2, 0.25) is 11.8 Å². The molecular formula is C23H35NO2. The monoisotopic (exact) mass is 357 g/mol. The Morgan fingerprint density at radius 3 is 1.73 bits per heavy atom. The SMILES string of the molecule is C[C@@H]1C(=O)N(c2cc(C(C)(C)C)ccc2C(C)(C)C)C(=O)[C@@H]1C(C)(C)C. The van der Waals surface area contributed by atoms with E-state index in [4.69, 9.17) is 0 Å². The number of hydrogen-bond donors (Lipinski definition) is 0. The lowest BCUT2D eigenvalue weighted by Crippen LogP contribution is -2.36. The number of benzene rings is 1. The van der Waals surface area contributed by atoms with Crippen LogP contribution in [0.2, 0.25) is 0 Å². The van der Waals surface area contributed by atoms with Gasteiger partial charge in [0.1, 0.15) is 0 Å². The molecule has 0 spiro atoms. The molecule has 3 heteroatoms. The summed E-state index contributed by atoms with van der Waals surface area (Å²) in [7, 11) is 0. The van der Waals surface area contributed by atoms with Crippen molar-refractivity contribution in [2.45, 2.75) is 80.1 Å². The highest BCUT2D eigenvalue weighted by Gasteiger charge is 2.51. The maximum Gasteiger partial charge on any atom is 0.238 e. The molecule has 0 saturated carbocycles. The third kappa shape index (κ3) is 3.58. The lowest BCUT2D eigenvalue weighted by atomic mass is 9.75. The van der Waals surface area contributed by atoms with Crippen molar-refractivity contribution in [1.82, 2.24) is 0 Å². The van der Waals surface area contributed by atoms with E-state index in [0.29, 0.717) is 0 Å². The number of nitrogens with zero attached hydrogens (tertiary/aromatic N) is 1. The summed E-state index contributed by atoms with van der Waals surface area (Å²) in [6, 6.07) is 6.26. The minimum atomic E-state index is -0.298. The van der Waals surface area contributed by atoms with Crippen molar-refractivity contribution in [3.63, 3.8) is 0 Å². The number of amides is 2. The van der Waals surface area contributed by atoms with Crippen LogP contribution in [-0.2, 0) is 20.4 Å². The van der Waals surface area contributed by atoms with Crippen LogP contribution in [0.4, 0.5) is 5.69 Å². The molecule has 1 saturated heterocycles. The second-order valence-corrected chi connectivity index (χ2v) is 10.9. The van der Waals surface area contributed by atoms with E-state index in [9.17, 15) is 9.59 Å². The zero-order valence-electron chi connectivity index (χ0n) is 18.2. The van der Waals surface area contributed by atoms with E-state index >= 15 is 0 Å². The number of carbonyl (C=O) groups excluding carboxylic acids is 2. The molecule has 0 aromatic heterocycles. The molecule has 0 unspecified atom stereocenters. The fourth-order valence-electron chi connectivity index (χ4n) is 3.98. The Morgan fingerprint density at radius 1 is 0.808 bits per heavy atom. The quantitative estimate of drug-likeness (QED) is 0.626. The van der Waals surface area contributed by atoms with E-state index in [1.807, 2.05) is 33.8 Å². The Labute approximate surface area is 159 Å². The maximum atomic E-state index is 13.3. The molecular weight excluding hydrogens is 322 g/mol. The van der Waals surface area contributed by atoms with Gasteiger partial charge in [0.05, 0.1) is 11.6 Å². The number of anilines is 1. The summed E-state index contributed by atoms with van der Waals surface area (Å²) in [5, 5.41) is 0. The number of imide groups is 1. The largest absolute Gasteiger partial charge is 0.274 e. The molecule has 0 radical (unpaired) electrons. The van der Waals surface area contributed by atoms with E-state index in [-0.39, 0.29) is 39.9 Å². The van der Waals surface area contributed by atoms with Gasteiger partial charge in [0.15, 0.2) is 0 Å². The molecule has 3 nitrogen and oxygen atoms in total. The molecule has 0 N–H and O–H groups in total. The first kappa shape index (κ1) is 20.7. The van der Waals surface area contributed by atoms with Crippen molar-refractivity contribution in [2.75, 3.05) is 4.90 Å². The predicted molar refractivity (Wildman–Crippen MR) is 108 cm³/mol. The van der Waals surface area contributed by atoms with Gasteiger partial charge in [-0.25, -0.2) is 4.90 Å². The summed E-state index contributed by atoms with van der Waals surface area (Å²) < 4.78 is 0. The topological polar surface area (TPSA) is 37.4 Å². The Hall–Kier alpha value is -1.64. The smallest absolute Gasteiger partial charge is 0.238 e. The van der Waals surface area contributed by atoms with Gasteiger partial charge in [0.25, 0.3) is 0 Å². The van der Waals surface area contributed by atoms with Crippen LogP contribution in [0.15, 0.2) is 18.2 Å². The van der Waals surface area contributed by atoms with Crippen molar-refractivity contribution < 1.29 is 9.59 Å². The molecule has 2 rings (SSSR count). The van der Waals surface area contributed by atoms with Crippen LogP contribution in [0.5, 0.6) is 0 Å². The van der Waals surface area contributed by atoms with E-state index in [0.717, 1.165) is 16.8 Å². The van der Waals surface area contributed by atoms with E-state index < -0.39 is 0 Å². The molecule has 1 aliphatic rings. The Bertz CT molecular complexity index is 726. The fraction of sp³-hybridized carbons (Fsp3) is 0.652. The van der Waals surface area contributed by atoms with Crippen LogP contribution in [0.1, 0.15) is 80.4 Å². The van der Waals surface area contributed by atoms with Crippen LogP contribution in [0, 0.1) is 17.3 Å². The van der Waals surface area contributed by atoms with Crippen LogP contribution in [-0.4, -0.2) is 11.8 Å². The highest BCUT2D eigenvalue weighted by atomic mass is 16.2. The van der Waals surface area contributed by atoms with E-state index in [1.165, 1.54) is 4.90 Å². The second-order valence-electron chi connectivity index (χ2n) is 10.9. The molecule has 0 aliphatic carbocycles. The third-order valence-corrected chi connectivity index (χ3v) is 5.44. The average Bonchev–Trinajstić information content (AvgIpc) is 2.66. The lowest BCUT2D eigenvalue weighted by Gasteiger charge is -2.30. The Morgan fingerprint density at radius 2 is 1.35 bits per heavy atom. The highest BCUT2D eigenvalue weighted by molar-refractivity contribution is 6.22. The molecule has 26 heavy (non-hydrogen) atoms. The van der Waals surface area contributed by atoms with Crippen LogP contribution in [0.3, 0.4) is 0 Å².